The molecular weight excluding hydrogens is 444 g/mol. The molecule has 10 heteroatoms. The van der Waals surface area contributed by atoms with Gasteiger partial charge in [0.05, 0.1) is 18.6 Å². The van der Waals surface area contributed by atoms with Crippen LogP contribution in [0.3, 0.4) is 0 Å². The lowest BCUT2D eigenvalue weighted by atomic mass is 10.2. The summed E-state index contributed by atoms with van der Waals surface area (Å²) in [5.74, 6) is -0.353. The number of rotatable bonds is 6. The maximum Gasteiger partial charge on any atom is 0.333 e. The smallest absolute Gasteiger partial charge is 0.333 e. The second-order valence-corrected chi connectivity index (χ2v) is 8.19. The number of hydrogen-bond acceptors (Lipinski definition) is 7. The van der Waals surface area contributed by atoms with Crippen LogP contribution < -0.4 is 21.3 Å². The number of anilines is 1. The first-order chi connectivity index (χ1) is 15.7. The number of carbonyl (C=O) groups excluding carboxylic acids is 1. The number of methoxy groups -OCH3 is 1. The summed E-state index contributed by atoms with van der Waals surface area (Å²) in [5.41, 5.74) is 0.587. The zero-order chi connectivity index (χ0) is 24.1. The van der Waals surface area contributed by atoms with Gasteiger partial charge in [-0.1, -0.05) is 35.5 Å². The molecular formula is C23H24N4O5S. The van der Waals surface area contributed by atoms with E-state index < -0.39 is 17.1 Å². The summed E-state index contributed by atoms with van der Waals surface area (Å²) in [4.78, 5) is 42.1. The topological polar surface area (TPSA) is 115 Å². The molecule has 33 heavy (non-hydrogen) atoms. The Balaban J connectivity index is 1.95. The van der Waals surface area contributed by atoms with E-state index in [1.807, 2.05) is 19.1 Å². The molecule has 9 nitrogen and oxygen atoms in total. The first-order valence-corrected chi connectivity index (χ1v) is 10.9. The van der Waals surface area contributed by atoms with Gasteiger partial charge in [-0.15, -0.1) is 0 Å². The maximum atomic E-state index is 12.8. The van der Waals surface area contributed by atoms with Crippen molar-refractivity contribution in [3.05, 3.63) is 80.5 Å². The molecule has 0 bridgehead atoms. The minimum absolute atomic E-state index is 0.0899. The third-order valence-corrected chi connectivity index (χ3v) is 5.78. The summed E-state index contributed by atoms with van der Waals surface area (Å²) in [7, 11) is 4.20. The molecule has 2 aromatic carbocycles. The third kappa shape index (κ3) is 5.53. The van der Waals surface area contributed by atoms with Crippen molar-refractivity contribution in [3.63, 3.8) is 0 Å². The molecule has 0 fully saturated rings. The van der Waals surface area contributed by atoms with Crippen molar-refractivity contribution in [2.24, 2.45) is 19.1 Å². The van der Waals surface area contributed by atoms with Gasteiger partial charge in [-0.2, -0.15) is 0 Å². The Kier molecular flexibility index (Phi) is 7.39. The molecule has 172 valence electrons. The lowest BCUT2D eigenvalue weighted by Crippen LogP contribution is -2.39. The fourth-order valence-corrected chi connectivity index (χ4v) is 3.78. The van der Waals surface area contributed by atoms with Crippen LogP contribution in [0.15, 0.2) is 63.1 Å². The van der Waals surface area contributed by atoms with Crippen LogP contribution in [0.25, 0.3) is 0 Å². The van der Waals surface area contributed by atoms with Gasteiger partial charge in [0.15, 0.2) is 0 Å². The van der Waals surface area contributed by atoms with Crippen LogP contribution in [0.1, 0.15) is 11.1 Å². The maximum absolute atomic E-state index is 12.8. The van der Waals surface area contributed by atoms with Gasteiger partial charge in [0, 0.05) is 25.8 Å². The molecule has 0 unspecified atom stereocenters. The summed E-state index contributed by atoms with van der Waals surface area (Å²) in [5, 5.41) is 13.5. The number of amides is 1. The molecule has 0 aliphatic rings. The number of carbonyl (C=O) groups is 1. The van der Waals surface area contributed by atoms with E-state index in [2.05, 4.69) is 10.3 Å². The van der Waals surface area contributed by atoms with Gasteiger partial charge >= 0.3 is 5.69 Å². The van der Waals surface area contributed by atoms with E-state index in [-0.39, 0.29) is 22.3 Å². The van der Waals surface area contributed by atoms with Gasteiger partial charge in [0.1, 0.15) is 16.4 Å². The molecule has 1 amide bonds. The van der Waals surface area contributed by atoms with Crippen LogP contribution >= 0.6 is 11.8 Å². The summed E-state index contributed by atoms with van der Waals surface area (Å²) in [6, 6.07) is 14.1. The van der Waals surface area contributed by atoms with Crippen molar-refractivity contribution >= 4 is 34.1 Å². The predicted molar refractivity (Wildman–Crippen MR) is 130 cm³/mol. The molecule has 0 aliphatic carbocycles. The zero-order valence-electron chi connectivity index (χ0n) is 18.7. The van der Waals surface area contributed by atoms with Crippen molar-refractivity contribution in [1.29, 1.82) is 0 Å². The molecule has 1 heterocycles. The van der Waals surface area contributed by atoms with Crippen molar-refractivity contribution in [1.82, 2.24) is 9.13 Å². The van der Waals surface area contributed by atoms with Crippen LogP contribution in [0, 0.1) is 6.92 Å². The highest BCUT2D eigenvalue weighted by atomic mass is 32.2. The van der Waals surface area contributed by atoms with Crippen LogP contribution in [0.5, 0.6) is 11.6 Å². The van der Waals surface area contributed by atoms with Crippen molar-refractivity contribution in [3.8, 4) is 11.6 Å². The van der Waals surface area contributed by atoms with E-state index >= 15 is 0 Å². The van der Waals surface area contributed by atoms with E-state index in [9.17, 15) is 19.5 Å². The number of aryl methyl sites for hydroxylation is 1. The highest BCUT2D eigenvalue weighted by Crippen LogP contribution is 2.24. The predicted octanol–water partition coefficient (Wildman–Crippen LogP) is 2.56. The largest absolute Gasteiger partial charge is 0.497 e. The van der Waals surface area contributed by atoms with E-state index in [4.69, 9.17) is 4.74 Å². The number of aliphatic imine (C=N–C) groups is 1. The average Bonchev–Trinajstić information content (AvgIpc) is 2.81. The van der Waals surface area contributed by atoms with E-state index in [0.29, 0.717) is 17.1 Å². The van der Waals surface area contributed by atoms with Crippen molar-refractivity contribution < 1.29 is 14.6 Å². The zero-order valence-corrected chi connectivity index (χ0v) is 19.5. The van der Waals surface area contributed by atoms with Gasteiger partial charge in [-0.3, -0.25) is 18.7 Å². The van der Waals surface area contributed by atoms with Crippen LogP contribution in [-0.4, -0.2) is 38.1 Å². The van der Waals surface area contributed by atoms with Crippen molar-refractivity contribution in [2.75, 3.05) is 18.2 Å². The number of nitrogens with one attached hydrogen (secondary N) is 1. The highest BCUT2D eigenvalue weighted by Gasteiger charge is 2.22. The SMILES string of the molecule is COc1cccc(NC(=O)CSC(=Nc2ccc(C)cc2)c2c(O)n(C)c(=O)n(C)c2=O)c1. The molecule has 3 rings (SSSR count). The van der Waals surface area contributed by atoms with Crippen LogP contribution in [0.2, 0.25) is 0 Å². The Labute approximate surface area is 194 Å². The molecule has 1 aromatic heterocycles. The summed E-state index contributed by atoms with van der Waals surface area (Å²) >= 11 is 0.981. The Morgan fingerprint density at radius 3 is 2.48 bits per heavy atom. The number of hydrogen-bond donors (Lipinski definition) is 2. The molecule has 0 saturated carbocycles. The first kappa shape index (κ1) is 23.9. The number of ether oxygens (including phenoxy) is 1. The standard InChI is InChI=1S/C23H24N4O5S/c1-14-8-10-15(11-9-14)25-20(19-21(29)26(2)23(31)27(3)22(19)30)33-13-18(28)24-16-6-5-7-17(12-16)32-4/h5-12,29H,13H2,1-4H3,(H,24,28). The van der Waals surface area contributed by atoms with Crippen LogP contribution in [0.4, 0.5) is 11.4 Å². The summed E-state index contributed by atoms with van der Waals surface area (Å²) < 4.78 is 7.00. The molecule has 0 aliphatic heterocycles. The summed E-state index contributed by atoms with van der Waals surface area (Å²) in [6.45, 7) is 1.93. The minimum Gasteiger partial charge on any atom is -0.497 e. The molecule has 0 spiro atoms. The lowest BCUT2D eigenvalue weighted by Gasteiger charge is -2.13. The number of aromatic hydroxyl groups is 1. The second-order valence-electron chi connectivity index (χ2n) is 7.23. The van der Waals surface area contributed by atoms with Crippen LogP contribution in [-0.2, 0) is 18.9 Å². The third-order valence-electron chi connectivity index (χ3n) is 4.81. The fraction of sp³-hybridized carbons (Fsp3) is 0.217. The molecule has 2 N–H and O–H groups in total. The van der Waals surface area contributed by atoms with E-state index in [1.165, 1.54) is 21.2 Å². The van der Waals surface area contributed by atoms with Gasteiger partial charge < -0.3 is 15.2 Å². The van der Waals surface area contributed by atoms with Gasteiger partial charge in [-0.05, 0) is 31.2 Å². The molecule has 0 saturated heterocycles. The average molecular weight is 469 g/mol. The Hall–Kier alpha value is -3.79. The Morgan fingerprint density at radius 2 is 1.82 bits per heavy atom. The Morgan fingerprint density at radius 1 is 1.12 bits per heavy atom. The minimum atomic E-state index is -0.706. The summed E-state index contributed by atoms with van der Waals surface area (Å²) in [6.07, 6.45) is 0. The lowest BCUT2D eigenvalue weighted by molar-refractivity contribution is -0.113. The monoisotopic (exact) mass is 468 g/mol. The number of nitrogens with zero attached hydrogens (tertiary/aromatic N) is 3. The number of thioether (sulfide) groups is 1. The second kappa shape index (κ2) is 10.2. The fourth-order valence-electron chi connectivity index (χ4n) is 2.95. The first-order valence-electron chi connectivity index (χ1n) is 9.92. The van der Waals surface area contributed by atoms with Crippen molar-refractivity contribution in [2.45, 2.75) is 6.92 Å². The number of aromatic nitrogens is 2. The molecule has 0 radical (unpaired) electrons. The van der Waals surface area contributed by atoms with E-state index in [0.717, 1.165) is 26.5 Å². The molecule has 3 aromatic rings. The van der Waals surface area contributed by atoms with E-state index in [1.54, 1.807) is 36.4 Å². The van der Waals surface area contributed by atoms with Gasteiger partial charge in [0.25, 0.3) is 5.56 Å². The highest BCUT2D eigenvalue weighted by molar-refractivity contribution is 8.15. The number of benzene rings is 2. The van der Waals surface area contributed by atoms with Gasteiger partial charge in [-0.25, -0.2) is 9.79 Å². The molecule has 0 atom stereocenters. The van der Waals surface area contributed by atoms with Gasteiger partial charge in [0.2, 0.25) is 11.8 Å². The normalized spacial score (nSPS) is 11.3. The quantitative estimate of drug-likeness (QED) is 0.424. The Bertz CT molecular complexity index is 1330.